The second-order valence-corrected chi connectivity index (χ2v) is 5.25. The number of ketones is 1. The fourth-order valence-corrected chi connectivity index (χ4v) is 3.30. The monoisotopic (exact) mass is 240 g/mol. The molecule has 2 unspecified atom stereocenters. The second kappa shape index (κ2) is 4.45. The Balaban J connectivity index is 1.90. The van der Waals surface area contributed by atoms with Crippen molar-refractivity contribution in [2.75, 3.05) is 4.90 Å². The molecule has 2 aliphatic rings. The van der Waals surface area contributed by atoms with Crippen LogP contribution < -0.4 is 4.90 Å². The molecule has 18 heavy (non-hydrogen) atoms. The van der Waals surface area contributed by atoms with Gasteiger partial charge >= 0.3 is 0 Å². The Morgan fingerprint density at radius 3 is 2.28 bits per heavy atom. The molecule has 0 spiro atoms. The van der Waals surface area contributed by atoms with Crippen LogP contribution in [0.15, 0.2) is 24.3 Å². The summed E-state index contributed by atoms with van der Waals surface area (Å²) < 4.78 is 0. The standard InChI is InChI=1S/C15H16N2O/c16-10-11-4-6-12(7-5-11)17-13-2-1-3-14(17)9-15(18)8-13/h4-7,13-14H,1-3,8-9H2. The topological polar surface area (TPSA) is 44.1 Å². The summed E-state index contributed by atoms with van der Waals surface area (Å²) in [5, 5.41) is 8.83. The number of Topliss-reactive ketones (excluding diaryl/α,β-unsaturated/α-hetero) is 1. The number of carbonyl (C=O) groups is 1. The molecular formula is C15H16N2O. The Bertz CT molecular complexity index is 484. The number of hydrogen-bond acceptors (Lipinski definition) is 3. The van der Waals surface area contributed by atoms with E-state index in [0.717, 1.165) is 18.5 Å². The normalized spacial score (nSPS) is 26.8. The number of fused-ring (bicyclic) bond motifs is 2. The maximum Gasteiger partial charge on any atom is 0.137 e. The molecule has 0 aliphatic carbocycles. The van der Waals surface area contributed by atoms with Crippen LogP contribution >= 0.6 is 0 Å². The molecule has 2 aliphatic heterocycles. The molecule has 92 valence electrons. The minimum Gasteiger partial charge on any atom is -0.365 e. The Hall–Kier alpha value is -1.82. The van der Waals surface area contributed by atoms with Crippen LogP contribution in [0.25, 0.3) is 0 Å². The minimum atomic E-state index is 0.373. The zero-order chi connectivity index (χ0) is 12.5. The first-order valence-electron chi connectivity index (χ1n) is 6.58. The summed E-state index contributed by atoms with van der Waals surface area (Å²) >= 11 is 0. The Morgan fingerprint density at radius 2 is 1.72 bits per heavy atom. The summed E-state index contributed by atoms with van der Waals surface area (Å²) in [4.78, 5) is 14.1. The summed E-state index contributed by atoms with van der Waals surface area (Å²) in [6.07, 6.45) is 4.84. The molecule has 2 bridgehead atoms. The molecule has 3 heteroatoms. The molecule has 2 atom stereocenters. The zero-order valence-electron chi connectivity index (χ0n) is 10.3. The average molecular weight is 240 g/mol. The largest absolute Gasteiger partial charge is 0.365 e. The van der Waals surface area contributed by atoms with Crippen LogP contribution in [0.3, 0.4) is 0 Å². The van der Waals surface area contributed by atoms with Crippen molar-refractivity contribution in [1.82, 2.24) is 0 Å². The van der Waals surface area contributed by atoms with Crippen molar-refractivity contribution in [2.45, 2.75) is 44.2 Å². The first-order valence-corrected chi connectivity index (χ1v) is 6.58. The van der Waals surface area contributed by atoms with E-state index >= 15 is 0 Å². The highest BCUT2D eigenvalue weighted by atomic mass is 16.1. The molecule has 0 radical (unpaired) electrons. The van der Waals surface area contributed by atoms with E-state index in [0.29, 0.717) is 36.3 Å². The molecule has 1 aromatic rings. The lowest BCUT2D eigenvalue weighted by Gasteiger charge is -2.47. The van der Waals surface area contributed by atoms with Gasteiger partial charge in [-0.3, -0.25) is 4.79 Å². The highest BCUT2D eigenvalue weighted by Gasteiger charge is 2.37. The van der Waals surface area contributed by atoms with Crippen molar-refractivity contribution in [3.05, 3.63) is 29.8 Å². The number of nitrogens with zero attached hydrogens (tertiary/aromatic N) is 2. The van der Waals surface area contributed by atoms with Crippen LogP contribution in [0.1, 0.15) is 37.7 Å². The quantitative estimate of drug-likeness (QED) is 0.758. The van der Waals surface area contributed by atoms with Gasteiger partial charge < -0.3 is 4.90 Å². The maximum atomic E-state index is 11.7. The number of rotatable bonds is 1. The van der Waals surface area contributed by atoms with Crippen molar-refractivity contribution < 1.29 is 4.79 Å². The van der Waals surface area contributed by atoms with Crippen LogP contribution in [0.4, 0.5) is 5.69 Å². The molecule has 3 rings (SSSR count). The van der Waals surface area contributed by atoms with Crippen molar-refractivity contribution in [2.24, 2.45) is 0 Å². The fraction of sp³-hybridized carbons (Fsp3) is 0.467. The van der Waals surface area contributed by atoms with Gasteiger partial charge in [0, 0.05) is 30.6 Å². The smallest absolute Gasteiger partial charge is 0.137 e. The summed E-state index contributed by atoms with van der Waals surface area (Å²) in [5.74, 6) is 0.412. The van der Waals surface area contributed by atoms with Gasteiger partial charge in [0.25, 0.3) is 0 Å². The van der Waals surface area contributed by atoms with Gasteiger partial charge in [0.05, 0.1) is 11.6 Å². The number of piperidine rings is 2. The predicted molar refractivity (Wildman–Crippen MR) is 69.3 cm³/mol. The van der Waals surface area contributed by atoms with E-state index in [2.05, 4.69) is 11.0 Å². The number of benzene rings is 1. The van der Waals surface area contributed by atoms with Crippen molar-refractivity contribution >= 4 is 11.5 Å². The average Bonchev–Trinajstić information content (AvgIpc) is 2.38. The van der Waals surface area contributed by atoms with Gasteiger partial charge in [0.1, 0.15) is 5.78 Å². The van der Waals surface area contributed by atoms with E-state index in [9.17, 15) is 4.79 Å². The molecule has 3 nitrogen and oxygen atoms in total. The van der Waals surface area contributed by atoms with E-state index in [4.69, 9.17) is 5.26 Å². The van der Waals surface area contributed by atoms with E-state index in [-0.39, 0.29) is 0 Å². The van der Waals surface area contributed by atoms with E-state index in [1.165, 1.54) is 6.42 Å². The number of anilines is 1. The highest BCUT2D eigenvalue weighted by Crippen LogP contribution is 2.36. The lowest BCUT2D eigenvalue weighted by atomic mass is 9.83. The van der Waals surface area contributed by atoms with Gasteiger partial charge in [-0.05, 0) is 43.5 Å². The third-order valence-electron chi connectivity index (χ3n) is 4.08. The van der Waals surface area contributed by atoms with Gasteiger partial charge in [-0.15, -0.1) is 0 Å². The first kappa shape index (κ1) is 11.3. The Kier molecular flexibility index (Phi) is 2.79. The maximum absolute atomic E-state index is 11.7. The summed E-state index contributed by atoms with van der Waals surface area (Å²) in [7, 11) is 0. The molecule has 2 saturated heterocycles. The van der Waals surface area contributed by atoms with Crippen LogP contribution in [-0.2, 0) is 4.79 Å². The summed E-state index contributed by atoms with van der Waals surface area (Å²) in [6.45, 7) is 0. The van der Waals surface area contributed by atoms with Gasteiger partial charge in [-0.25, -0.2) is 0 Å². The molecule has 2 fully saturated rings. The molecule has 1 aromatic carbocycles. The lowest BCUT2D eigenvalue weighted by molar-refractivity contribution is -0.121. The predicted octanol–water partition coefficient (Wildman–Crippen LogP) is 2.65. The molecule has 0 N–H and O–H groups in total. The molecular weight excluding hydrogens is 224 g/mol. The van der Waals surface area contributed by atoms with E-state index in [1.807, 2.05) is 24.3 Å². The van der Waals surface area contributed by atoms with Crippen molar-refractivity contribution in [3.8, 4) is 6.07 Å². The van der Waals surface area contributed by atoms with E-state index in [1.54, 1.807) is 0 Å². The Labute approximate surface area is 107 Å². The van der Waals surface area contributed by atoms with Gasteiger partial charge in [-0.1, -0.05) is 0 Å². The molecule has 0 saturated carbocycles. The van der Waals surface area contributed by atoms with Crippen molar-refractivity contribution in [1.29, 1.82) is 5.26 Å². The van der Waals surface area contributed by atoms with Crippen LogP contribution in [0, 0.1) is 11.3 Å². The first-order chi connectivity index (χ1) is 8.78. The van der Waals surface area contributed by atoms with Gasteiger partial charge in [-0.2, -0.15) is 5.26 Å². The molecule has 2 heterocycles. The van der Waals surface area contributed by atoms with E-state index < -0.39 is 0 Å². The fourth-order valence-electron chi connectivity index (χ4n) is 3.30. The van der Waals surface area contributed by atoms with Gasteiger partial charge in [0.2, 0.25) is 0 Å². The lowest BCUT2D eigenvalue weighted by Crippen LogP contribution is -2.52. The summed E-state index contributed by atoms with van der Waals surface area (Å²) in [6, 6.07) is 10.6. The Morgan fingerprint density at radius 1 is 1.11 bits per heavy atom. The van der Waals surface area contributed by atoms with Crippen molar-refractivity contribution in [3.63, 3.8) is 0 Å². The van der Waals surface area contributed by atoms with Gasteiger partial charge in [0.15, 0.2) is 0 Å². The minimum absolute atomic E-state index is 0.373. The highest BCUT2D eigenvalue weighted by molar-refractivity contribution is 5.82. The number of hydrogen-bond donors (Lipinski definition) is 0. The third-order valence-corrected chi connectivity index (χ3v) is 4.08. The number of carbonyl (C=O) groups excluding carboxylic acids is 1. The third kappa shape index (κ3) is 1.88. The molecule has 0 aromatic heterocycles. The van der Waals surface area contributed by atoms with Crippen LogP contribution in [0.2, 0.25) is 0 Å². The summed E-state index contributed by atoms with van der Waals surface area (Å²) in [5.41, 5.74) is 1.85. The van der Waals surface area contributed by atoms with Crippen LogP contribution in [0.5, 0.6) is 0 Å². The SMILES string of the molecule is N#Cc1ccc(N2C3CCCC2CC(=O)C3)cc1. The zero-order valence-corrected chi connectivity index (χ0v) is 10.3. The van der Waals surface area contributed by atoms with Crippen LogP contribution in [-0.4, -0.2) is 17.9 Å². The number of nitriles is 1. The second-order valence-electron chi connectivity index (χ2n) is 5.25. The molecule has 0 amide bonds.